The van der Waals surface area contributed by atoms with Gasteiger partial charge in [0.25, 0.3) is 0 Å². The summed E-state index contributed by atoms with van der Waals surface area (Å²) in [5, 5.41) is 20.4. The number of carbonyl (C=O) groups excluding carboxylic acids is 1. The summed E-state index contributed by atoms with van der Waals surface area (Å²) < 4.78 is 12.9. The standard InChI is InChI=1S/C23H32IN7O4/c1-6-7-14(10-11-32)27-21-19-18(25-13-26-21)20(24)30-31(19)12-15-16(34-4)8-9-17(28-15)23(2,3)29-22(33)35-5/h8-9,13-14,32H,6-7,10-12H2,1-5H3,(H,29,33)(H,25,26,27)/t14-/m0/s1. The Balaban J connectivity index is 2.03. The second-order valence-electron chi connectivity index (χ2n) is 8.60. The van der Waals surface area contributed by atoms with Crippen molar-refractivity contribution in [1.82, 2.24) is 30.0 Å². The van der Waals surface area contributed by atoms with Crippen LogP contribution in [0.25, 0.3) is 11.0 Å². The van der Waals surface area contributed by atoms with Crippen molar-refractivity contribution in [3.8, 4) is 5.75 Å². The highest BCUT2D eigenvalue weighted by molar-refractivity contribution is 14.1. The summed E-state index contributed by atoms with van der Waals surface area (Å²) in [7, 11) is 2.91. The molecule has 0 spiro atoms. The van der Waals surface area contributed by atoms with Crippen LogP contribution < -0.4 is 15.4 Å². The van der Waals surface area contributed by atoms with Gasteiger partial charge in [0.15, 0.2) is 5.82 Å². The molecular weight excluding hydrogens is 565 g/mol. The van der Waals surface area contributed by atoms with Gasteiger partial charge in [0.1, 0.15) is 32.5 Å². The van der Waals surface area contributed by atoms with Gasteiger partial charge >= 0.3 is 6.09 Å². The maximum atomic E-state index is 11.8. The average molecular weight is 597 g/mol. The monoisotopic (exact) mass is 597 g/mol. The molecular formula is C23H32IN7O4. The first kappa shape index (κ1) is 26.9. The molecule has 0 saturated carbocycles. The molecule has 0 aliphatic heterocycles. The summed E-state index contributed by atoms with van der Waals surface area (Å²) in [4.78, 5) is 25.6. The van der Waals surface area contributed by atoms with Crippen molar-refractivity contribution in [2.45, 2.75) is 58.2 Å². The number of fused-ring (bicyclic) bond motifs is 1. The number of methoxy groups -OCH3 is 2. The summed E-state index contributed by atoms with van der Waals surface area (Å²) in [6.07, 6.45) is 3.47. The topological polar surface area (TPSA) is 136 Å². The van der Waals surface area contributed by atoms with Crippen LogP contribution in [-0.4, -0.2) is 62.8 Å². The summed E-state index contributed by atoms with van der Waals surface area (Å²) in [6.45, 7) is 6.19. The molecule has 0 bridgehead atoms. The Labute approximate surface area is 218 Å². The molecule has 11 nitrogen and oxygen atoms in total. The normalized spacial score (nSPS) is 12.4. The molecule has 3 aromatic heterocycles. The van der Waals surface area contributed by atoms with Crippen LogP contribution in [0.1, 0.15) is 51.4 Å². The largest absolute Gasteiger partial charge is 0.495 e. The number of pyridine rings is 1. The number of amides is 1. The van der Waals surface area contributed by atoms with Crippen LogP contribution in [0.5, 0.6) is 5.75 Å². The van der Waals surface area contributed by atoms with E-state index in [1.54, 1.807) is 11.8 Å². The van der Waals surface area contributed by atoms with Crippen molar-refractivity contribution in [3.63, 3.8) is 0 Å². The Hall–Kier alpha value is -2.74. The number of hydrogen-bond acceptors (Lipinski definition) is 9. The molecule has 0 aliphatic rings. The molecule has 3 aromatic rings. The molecule has 35 heavy (non-hydrogen) atoms. The lowest BCUT2D eigenvalue weighted by atomic mass is 9.99. The predicted octanol–water partition coefficient (Wildman–Crippen LogP) is 3.44. The average Bonchev–Trinajstić information content (AvgIpc) is 3.15. The number of ether oxygens (including phenoxy) is 2. The first-order valence-corrected chi connectivity index (χ1v) is 12.5. The second-order valence-corrected chi connectivity index (χ2v) is 9.62. The number of hydrogen-bond donors (Lipinski definition) is 3. The number of aliphatic hydroxyl groups excluding tert-OH is 1. The number of carbonyl (C=O) groups is 1. The van der Waals surface area contributed by atoms with E-state index in [1.165, 1.54) is 13.4 Å². The minimum atomic E-state index is -0.776. The first-order chi connectivity index (χ1) is 16.7. The number of aliphatic hydroxyl groups is 1. The van der Waals surface area contributed by atoms with Crippen molar-refractivity contribution >= 4 is 45.5 Å². The Morgan fingerprint density at radius 1 is 1.26 bits per heavy atom. The van der Waals surface area contributed by atoms with E-state index in [1.807, 2.05) is 26.0 Å². The van der Waals surface area contributed by atoms with Crippen molar-refractivity contribution in [3.05, 3.63) is 33.5 Å². The quantitative estimate of drug-likeness (QED) is 0.284. The van der Waals surface area contributed by atoms with E-state index in [4.69, 9.17) is 19.6 Å². The zero-order valence-electron chi connectivity index (χ0n) is 20.6. The van der Waals surface area contributed by atoms with Gasteiger partial charge in [0.05, 0.1) is 32.0 Å². The van der Waals surface area contributed by atoms with Gasteiger partial charge in [-0.2, -0.15) is 5.10 Å². The zero-order valence-corrected chi connectivity index (χ0v) is 22.8. The zero-order chi connectivity index (χ0) is 25.6. The van der Waals surface area contributed by atoms with Crippen LogP contribution in [0.15, 0.2) is 18.5 Å². The Bertz CT molecular complexity index is 1160. The number of nitrogens with one attached hydrogen (secondary N) is 2. The number of anilines is 1. The number of alkyl carbamates (subject to hydrolysis) is 1. The van der Waals surface area contributed by atoms with E-state index in [2.05, 4.69) is 50.1 Å². The summed E-state index contributed by atoms with van der Waals surface area (Å²) in [5.74, 6) is 1.25. The molecule has 0 radical (unpaired) electrons. The van der Waals surface area contributed by atoms with Crippen molar-refractivity contribution in [2.24, 2.45) is 0 Å². The molecule has 1 amide bonds. The van der Waals surface area contributed by atoms with E-state index in [-0.39, 0.29) is 12.6 Å². The van der Waals surface area contributed by atoms with Gasteiger partial charge in [-0.25, -0.2) is 19.7 Å². The minimum absolute atomic E-state index is 0.0743. The van der Waals surface area contributed by atoms with Crippen LogP contribution >= 0.6 is 22.6 Å². The predicted molar refractivity (Wildman–Crippen MR) is 141 cm³/mol. The summed E-state index contributed by atoms with van der Waals surface area (Å²) in [6, 6.07) is 3.71. The van der Waals surface area contributed by atoms with Gasteiger partial charge < -0.3 is 25.2 Å². The molecule has 3 N–H and O–H groups in total. The molecule has 0 fully saturated rings. The number of nitrogens with zero attached hydrogens (tertiary/aromatic N) is 5. The fourth-order valence-electron chi connectivity index (χ4n) is 3.83. The van der Waals surface area contributed by atoms with Crippen LogP contribution in [0.2, 0.25) is 0 Å². The first-order valence-electron chi connectivity index (χ1n) is 11.4. The molecule has 0 aromatic carbocycles. The van der Waals surface area contributed by atoms with Gasteiger partial charge in [0, 0.05) is 12.6 Å². The smallest absolute Gasteiger partial charge is 0.407 e. The van der Waals surface area contributed by atoms with Crippen molar-refractivity contribution < 1.29 is 19.4 Å². The fourth-order valence-corrected chi connectivity index (χ4v) is 4.49. The lowest BCUT2D eigenvalue weighted by Gasteiger charge is -2.26. The van der Waals surface area contributed by atoms with Crippen LogP contribution in [0, 0.1) is 3.70 Å². The Morgan fingerprint density at radius 2 is 2.03 bits per heavy atom. The summed E-state index contributed by atoms with van der Waals surface area (Å²) in [5.41, 5.74) is 1.98. The highest BCUT2D eigenvalue weighted by Crippen LogP contribution is 2.28. The van der Waals surface area contributed by atoms with Gasteiger partial charge in [0.2, 0.25) is 0 Å². The van der Waals surface area contributed by atoms with E-state index in [0.29, 0.717) is 35.9 Å². The van der Waals surface area contributed by atoms with Crippen LogP contribution in [-0.2, 0) is 16.8 Å². The minimum Gasteiger partial charge on any atom is -0.495 e. The Kier molecular flexibility index (Phi) is 9.05. The molecule has 1 atom stereocenters. The fraction of sp³-hybridized carbons (Fsp3) is 0.522. The second kappa shape index (κ2) is 11.8. The number of aromatic nitrogens is 5. The molecule has 3 heterocycles. The maximum Gasteiger partial charge on any atom is 0.407 e. The number of halogens is 1. The van der Waals surface area contributed by atoms with E-state index >= 15 is 0 Å². The van der Waals surface area contributed by atoms with Gasteiger partial charge in [-0.05, 0) is 61.4 Å². The molecule has 190 valence electrons. The third-order valence-corrected chi connectivity index (χ3v) is 6.36. The van der Waals surface area contributed by atoms with E-state index in [0.717, 1.165) is 27.6 Å². The third kappa shape index (κ3) is 6.28. The van der Waals surface area contributed by atoms with E-state index < -0.39 is 11.6 Å². The van der Waals surface area contributed by atoms with Crippen molar-refractivity contribution in [1.29, 1.82) is 0 Å². The molecule has 12 heteroatoms. The highest BCUT2D eigenvalue weighted by Gasteiger charge is 2.27. The number of rotatable bonds is 11. The highest BCUT2D eigenvalue weighted by atomic mass is 127. The van der Waals surface area contributed by atoms with E-state index in [9.17, 15) is 9.90 Å². The summed E-state index contributed by atoms with van der Waals surface area (Å²) >= 11 is 2.16. The lowest BCUT2D eigenvalue weighted by Crippen LogP contribution is -2.41. The molecule has 0 saturated heterocycles. The third-order valence-electron chi connectivity index (χ3n) is 5.63. The SMILES string of the molecule is CCC[C@@H](CCO)Nc1ncnc2c(I)nn(Cc3nc(C(C)(C)NC(=O)OC)ccc3OC)c12. The van der Waals surface area contributed by atoms with Crippen molar-refractivity contribution in [2.75, 3.05) is 26.1 Å². The molecule has 0 aliphatic carbocycles. The lowest BCUT2D eigenvalue weighted by molar-refractivity contribution is 0.159. The molecule has 0 unspecified atom stereocenters. The maximum absolute atomic E-state index is 11.8. The van der Waals surface area contributed by atoms with Crippen LogP contribution in [0.4, 0.5) is 10.6 Å². The molecule has 3 rings (SSSR count). The Morgan fingerprint density at radius 3 is 2.69 bits per heavy atom. The van der Waals surface area contributed by atoms with Gasteiger partial charge in [-0.3, -0.25) is 4.68 Å². The van der Waals surface area contributed by atoms with Crippen LogP contribution in [0.3, 0.4) is 0 Å². The van der Waals surface area contributed by atoms with Gasteiger partial charge in [-0.15, -0.1) is 0 Å². The van der Waals surface area contributed by atoms with Gasteiger partial charge in [-0.1, -0.05) is 13.3 Å².